The highest BCUT2D eigenvalue weighted by molar-refractivity contribution is 5.69. The molecule has 6 heteroatoms. The maximum atomic E-state index is 13.4. The van der Waals surface area contributed by atoms with Crippen molar-refractivity contribution in [3.05, 3.63) is 71.3 Å². The zero-order valence-electron chi connectivity index (χ0n) is 14.2. The van der Waals surface area contributed by atoms with E-state index in [0.29, 0.717) is 37.1 Å². The molecule has 0 unspecified atom stereocenters. The summed E-state index contributed by atoms with van der Waals surface area (Å²) >= 11 is 0. The predicted molar refractivity (Wildman–Crippen MR) is 92.6 cm³/mol. The van der Waals surface area contributed by atoms with Crippen LogP contribution in [0.15, 0.2) is 48.5 Å². The minimum Gasteiger partial charge on any atom is -0.480 e. The first kappa shape index (κ1) is 18.5. The molecule has 0 atom stereocenters. The van der Waals surface area contributed by atoms with Crippen LogP contribution in [-0.2, 0) is 10.4 Å². The number of rotatable bonds is 5. The van der Waals surface area contributed by atoms with E-state index in [9.17, 15) is 18.7 Å². The van der Waals surface area contributed by atoms with Crippen molar-refractivity contribution in [2.45, 2.75) is 18.4 Å². The largest absolute Gasteiger partial charge is 0.480 e. The van der Waals surface area contributed by atoms with Gasteiger partial charge in [0, 0.05) is 0 Å². The van der Waals surface area contributed by atoms with Gasteiger partial charge in [-0.3, -0.25) is 9.69 Å². The summed E-state index contributed by atoms with van der Waals surface area (Å²) in [5.41, 5.74) is -0.305. The monoisotopic (exact) mass is 361 g/mol. The second-order valence-corrected chi connectivity index (χ2v) is 6.72. The Morgan fingerprint density at radius 1 is 0.962 bits per heavy atom. The highest BCUT2D eigenvalue weighted by Crippen LogP contribution is 2.42. The maximum absolute atomic E-state index is 13.4. The molecule has 0 saturated carbocycles. The molecule has 0 aliphatic carbocycles. The molecular formula is C20H21F2NO3. The van der Waals surface area contributed by atoms with Crippen LogP contribution in [0.4, 0.5) is 8.78 Å². The number of piperidine rings is 1. The Hall–Kier alpha value is -2.31. The van der Waals surface area contributed by atoms with Gasteiger partial charge in [0.25, 0.3) is 0 Å². The fourth-order valence-electron chi connectivity index (χ4n) is 3.75. The summed E-state index contributed by atoms with van der Waals surface area (Å²) in [5.74, 6) is -1.86. The smallest absolute Gasteiger partial charge is 0.317 e. The lowest BCUT2D eigenvalue weighted by Gasteiger charge is -2.42. The summed E-state index contributed by atoms with van der Waals surface area (Å²) in [6.07, 6.45) is 1.16. The normalized spacial score (nSPS) is 16.6. The second-order valence-electron chi connectivity index (χ2n) is 6.72. The third-order valence-corrected chi connectivity index (χ3v) is 5.11. The van der Waals surface area contributed by atoms with Crippen molar-refractivity contribution in [1.29, 1.82) is 0 Å². The summed E-state index contributed by atoms with van der Waals surface area (Å²) in [6, 6.07) is 11.4. The van der Waals surface area contributed by atoms with E-state index < -0.39 is 23.2 Å². The standard InChI is InChI=1S/C20H21F2NO3/c21-17-5-1-14(2-6-17)20(26,15-3-7-18(22)8-4-15)16-9-11-23(12-10-16)13-19(24)25/h1-8,16,26H,9-13H2,(H,24,25). The third-order valence-electron chi connectivity index (χ3n) is 5.11. The van der Waals surface area contributed by atoms with Crippen molar-refractivity contribution in [2.75, 3.05) is 19.6 Å². The van der Waals surface area contributed by atoms with Gasteiger partial charge in [0.05, 0.1) is 6.54 Å². The average Bonchev–Trinajstić information content (AvgIpc) is 2.62. The van der Waals surface area contributed by atoms with Gasteiger partial charge in [0.2, 0.25) is 0 Å². The van der Waals surface area contributed by atoms with Gasteiger partial charge in [-0.25, -0.2) is 8.78 Å². The molecule has 2 aromatic rings. The number of aliphatic carboxylic acids is 1. The zero-order chi connectivity index (χ0) is 18.7. The van der Waals surface area contributed by atoms with E-state index in [1.807, 2.05) is 4.90 Å². The van der Waals surface area contributed by atoms with Crippen LogP contribution in [0.1, 0.15) is 24.0 Å². The van der Waals surface area contributed by atoms with E-state index in [1.54, 1.807) is 24.3 Å². The molecule has 26 heavy (non-hydrogen) atoms. The number of hydrogen-bond acceptors (Lipinski definition) is 3. The lowest BCUT2D eigenvalue weighted by molar-refractivity contribution is -0.139. The first-order valence-corrected chi connectivity index (χ1v) is 8.58. The first-order valence-electron chi connectivity index (χ1n) is 8.58. The minimum absolute atomic E-state index is 0.0295. The minimum atomic E-state index is -1.39. The quantitative estimate of drug-likeness (QED) is 0.860. The summed E-state index contributed by atoms with van der Waals surface area (Å²) in [5, 5.41) is 20.6. The van der Waals surface area contributed by atoms with Crippen LogP contribution < -0.4 is 0 Å². The number of carboxylic acid groups (broad SMARTS) is 1. The van der Waals surface area contributed by atoms with Crippen LogP contribution in [0.3, 0.4) is 0 Å². The summed E-state index contributed by atoms with van der Waals surface area (Å²) in [7, 11) is 0. The first-order chi connectivity index (χ1) is 12.4. The zero-order valence-corrected chi connectivity index (χ0v) is 14.2. The van der Waals surface area contributed by atoms with Crippen LogP contribution in [0.25, 0.3) is 0 Å². The lowest BCUT2D eigenvalue weighted by Crippen LogP contribution is -2.45. The van der Waals surface area contributed by atoms with Gasteiger partial charge in [-0.15, -0.1) is 0 Å². The van der Waals surface area contributed by atoms with Gasteiger partial charge in [-0.1, -0.05) is 24.3 Å². The molecule has 138 valence electrons. The average molecular weight is 361 g/mol. The van der Waals surface area contributed by atoms with E-state index in [2.05, 4.69) is 0 Å². The third kappa shape index (κ3) is 3.76. The molecule has 1 fully saturated rings. The van der Waals surface area contributed by atoms with Gasteiger partial charge < -0.3 is 10.2 Å². The number of hydrogen-bond donors (Lipinski definition) is 2. The molecule has 3 rings (SSSR count). The van der Waals surface area contributed by atoms with E-state index in [0.717, 1.165) is 0 Å². The molecular weight excluding hydrogens is 340 g/mol. The molecule has 0 aromatic heterocycles. The Bertz CT molecular complexity index is 708. The highest BCUT2D eigenvalue weighted by Gasteiger charge is 2.41. The van der Waals surface area contributed by atoms with E-state index >= 15 is 0 Å². The lowest BCUT2D eigenvalue weighted by atomic mass is 9.72. The number of halogens is 2. The Morgan fingerprint density at radius 3 is 1.77 bits per heavy atom. The summed E-state index contributed by atoms with van der Waals surface area (Å²) in [4.78, 5) is 12.7. The molecule has 0 amide bonds. The van der Waals surface area contributed by atoms with Crippen molar-refractivity contribution in [1.82, 2.24) is 4.90 Å². The van der Waals surface area contributed by atoms with Gasteiger partial charge in [-0.2, -0.15) is 0 Å². The van der Waals surface area contributed by atoms with Crippen molar-refractivity contribution in [3.8, 4) is 0 Å². The number of benzene rings is 2. The number of likely N-dealkylation sites (tertiary alicyclic amines) is 1. The summed E-state index contributed by atoms with van der Waals surface area (Å²) < 4.78 is 26.7. The molecule has 1 saturated heterocycles. The van der Waals surface area contributed by atoms with Gasteiger partial charge in [-0.05, 0) is 67.2 Å². The van der Waals surface area contributed by atoms with Crippen LogP contribution in [-0.4, -0.2) is 40.7 Å². The van der Waals surface area contributed by atoms with Crippen molar-refractivity contribution >= 4 is 5.97 Å². The molecule has 1 aliphatic rings. The van der Waals surface area contributed by atoms with Crippen LogP contribution >= 0.6 is 0 Å². The van der Waals surface area contributed by atoms with Crippen molar-refractivity contribution in [2.24, 2.45) is 5.92 Å². The predicted octanol–water partition coefficient (Wildman–Crippen LogP) is 3.00. The molecule has 0 spiro atoms. The fourth-order valence-corrected chi connectivity index (χ4v) is 3.75. The Kier molecular flexibility index (Phi) is 5.34. The number of carboxylic acids is 1. The number of nitrogens with zero attached hydrogens (tertiary/aromatic N) is 1. The molecule has 1 aliphatic heterocycles. The topological polar surface area (TPSA) is 60.8 Å². The van der Waals surface area contributed by atoms with Crippen LogP contribution in [0.2, 0.25) is 0 Å². The van der Waals surface area contributed by atoms with Crippen molar-refractivity contribution < 1.29 is 23.8 Å². The number of carbonyl (C=O) groups is 1. The Morgan fingerprint density at radius 2 is 1.38 bits per heavy atom. The van der Waals surface area contributed by atoms with E-state index in [-0.39, 0.29) is 12.5 Å². The maximum Gasteiger partial charge on any atom is 0.317 e. The van der Waals surface area contributed by atoms with Crippen molar-refractivity contribution in [3.63, 3.8) is 0 Å². The van der Waals surface area contributed by atoms with E-state index in [4.69, 9.17) is 5.11 Å². The summed E-state index contributed by atoms with van der Waals surface area (Å²) in [6.45, 7) is 1.06. The Balaban J connectivity index is 1.92. The molecule has 4 nitrogen and oxygen atoms in total. The van der Waals surface area contributed by atoms with E-state index in [1.165, 1.54) is 24.3 Å². The number of aliphatic hydroxyl groups is 1. The van der Waals surface area contributed by atoms with Crippen LogP contribution in [0, 0.1) is 17.6 Å². The second kappa shape index (κ2) is 7.51. The molecule has 2 N–H and O–H groups in total. The fraction of sp³-hybridized carbons (Fsp3) is 0.350. The SMILES string of the molecule is O=C(O)CN1CCC(C(O)(c2ccc(F)cc2)c2ccc(F)cc2)CC1. The van der Waals surface area contributed by atoms with Gasteiger partial charge in [0.1, 0.15) is 17.2 Å². The van der Waals surface area contributed by atoms with Gasteiger partial charge in [0.15, 0.2) is 0 Å². The highest BCUT2D eigenvalue weighted by atomic mass is 19.1. The van der Waals surface area contributed by atoms with Gasteiger partial charge >= 0.3 is 5.97 Å². The molecule has 2 aromatic carbocycles. The molecule has 0 bridgehead atoms. The van der Waals surface area contributed by atoms with Crippen LogP contribution in [0.5, 0.6) is 0 Å². The molecule has 0 radical (unpaired) electrons. The molecule has 1 heterocycles. The Labute approximate surface area is 150 Å².